The van der Waals surface area contributed by atoms with Gasteiger partial charge in [-0.25, -0.2) is 4.79 Å². The van der Waals surface area contributed by atoms with Crippen LogP contribution in [0.3, 0.4) is 0 Å². The maximum Gasteiger partial charge on any atom is 0.336 e. The molecule has 6 nitrogen and oxygen atoms in total. The molecule has 0 aliphatic heterocycles. The summed E-state index contributed by atoms with van der Waals surface area (Å²) in [6.45, 7) is 0.0613. The van der Waals surface area contributed by atoms with Crippen LogP contribution < -0.4 is 10.4 Å². The summed E-state index contributed by atoms with van der Waals surface area (Å²) in [7, 11) is 0. The van der Waals surface area contributed by atoms with Crippen LogP contribution in [0, 0.1) is 10.1 Å². The Kier molecular flexibility index (Phi) is 3.72. The third-order valence-electron chi connectivity index (χ3n) is 4.49. The minimum absolute atomic E-state index is 0.0613. The van der Waals surface area contributed by atoms with E-state index in [2.05, 4.69) is 0 Å². The zero-order valence-electron chi connectivity index (χ0n) is 13.4. The summed E-state index contributed by atoms with van der Waals surface area (Å²) in [6.07, 6.45) is 3.10. The number of ether oxygens (including phenoxy) is 1. The summed E-state index contributed by atoms with van der Waals surface area (Å²) in [5.74, 6) is 0.176. The number of hydrogen-bond acceptors (Lipinski definition) is 5. The molecule has 0 amide bonds. The molecule has 1 aliphatic carbocycles. The van der Waals surface area contributed by atoms with E-state index in [-0.39, 0.29) is 18.0 Å². The highest BCUT2D eigenvalue weighted by molar-refractivity contribution is 5.82. The smallest absolute Gasteiger partial charge is 0.336 e. The first-order valence-corrected chi connectivity index (χ1v) is 8.06. The maximum absolute atomic E-state index is 11.9. The molecule has 2 aromatic carbocycles. The zero-order chi connectivity index (χ0) is 17.4. The van der Waals surface area contributed by atoms with E-state index in [4.69, 9.17) is 9.15 Å². The van der Waals surface area contributed by atoms with Crippen LogP contribution in [-0.4, -0.2) is 4.92 Å². The number of aryl methyl sites for hydroxylation is 2. The van der Waals surface area contributed by atoms with Crippen LogP contribution in [-0.2, 0) is 19.4 Å². The molecule has 0 fully saturated rings. The molecular formula is C19H15NO5. The topological polar surface area (TPSA) is 82.6 Å². The van der Waals surface area contributed by atoms with E-state index in [1.165, 1.54) is 23.3 Å². The summed E-state index contributed by atoms with van der Waals surface area (Å²) in [6, 6.07) is 11.5. The SMILES string of the molecule is O=c1cc(COc2ccccc2[N+](=O)[O-])c2cc3c(cc2o1)CCC3. The molecule has 0 unspecified atom stereocenters. The lowest BCUT2D eigenvalue weighted by atomic mass is 10.0. The highest BCUT2D eigenvalue weighted by atomic mass is 16.6. The standard InChI is InChI=1S/C19H15NO5/c21-19-10-14(11-24-17-7-2-1-6-16(17)20(22)23)15-8-12-4-3-5-13(12)9-18(15)25-19/h1-2,6-10H,3-5,11H2. The van der Waals surface area contributed by atoms with E-state index in [0.29, 0.717) is 11.1 Å². The minimum atomic E-state index is -0.486. The van der Waals surface area contributed by atoms with E-state index in [0.717, 1.165) is 24.6 Å². The van der Waals surface area contributed by atoms with Gasteiger partial charge in [-0.15, -0.1) is 0 Å². The molecule has 0 radical (unpaired) electrons. The molecule has 0 atom stereocenters. The fourth-order valence-corrected chi connectivity index (χ4v) is 3.30. The van der Waals surface area contributed by atoms with Crippen molar-refractivity contribution in [3.05, 3.63) is 79.7 Å². The summed E-state index contributed by atoms with van der Waals surface area (Å²) >= 11 is 0. The number of hydrogen-bond donors (Lipinski definition) is 0. The van der Waals surface area contributed by atoms with Crippen LogP contribution in [0.15, 0.2) is 51.7 Å². The van der Waals surface area contributed by atoms with Gasteiger partial charge in [0.2, 0.25) is 0 Å². The number of nitrogens with zero attached hydrogens (tertiary/aromatic N) is 1. The van der Waals surface area contributed by atoms with E-state index >= 15 is 0 Å². The van der Waals surface area contributed by atoms with E-state index in [1.54, 1.807) is 18.2 Å². The monoisotopic (exact) mass is 337 g/mol. The van der Waals surface area contributed by atoms with Gasteiger partial charge in [0.05, 0.1) is 4.92 Å². The molecule has 1 aromatic heterocycles. The fraction of sp³-hybridized carbons (Fsp3) is 0.211. The lowest BCUT2D eigenvalue weighted by molar-refractivity contribution is -0.385. The maximum atomic E-state index is 11.9. The van der Waals surface area contributed by atoms with Gasteiger partial charge >= 0.3 is 11.3 Å². The first-order valence-electron chi connectivity index (χ1n) is 8.06. The fourth-order valence-electron chi connectivity index (χ4n) is 3.30. The number of nitro groups is 1. The number of fused-ring (bicyclic) bond motifs is 2. The molecule has 25 heavy (non-hydrogen) atoms. The van der Waals surface area contributed by atoms with Gasteiger partial charge in [-0.3, -0.25) is 10.1 Å². The van der Waals surface area contributed by atoms with Crippen molar-refractivity contribution >= 4 is 16.7 Å². The van der Waals surface area contributed by atoms with Crippen LogP contribution in [0.2, 0.25) is 0 Å². The van der Waals surface area contributed by atoms with E-state index in [1.807, 2.05) is 12.1 Å². The Labute approximate surface area is 142 Å². The number of benzene rings is 2. The van der Waals surface area contributed by atoms with Gasteiger partial charge < -0.3 is 9.15 Å². The van der Waals surface area contributed by atoms with Gasteiger partial charge in [-0.1, -0.05) is 12.1 Å². The molecular weight excluding hydrogens is 322 g/mol. The number of para-hydroxylation sites is 2. The van der Waals surface area contributed by atoms with Crippen molar-refractivity contribution in [2.75, 3.05) is 0 Å². The Bertz CT molecular complexity index is 1040. The van der Waals surface area contributed by atoms with Gasteiger partial charge in [0.15, 0.2) is 5.75 Å². The second-order valence-electron chi connectivity index (χ2n) is 6.07. The second kappa shape index (κ2) is 6.05. The van der Waals surface area contributed by atoms with Crippen LogP contribution in [0.4, 0.5) is 5.69 Å². The molecule has 3 aromatic rings. The van der Waals surface area contributed by atoms with Crippen molar-refractivity contribution in [1.29, 1.82) is 0 Å². The first kappa shape index (κ1) is 15.4. The predicted octanol–water partition coefficient (Wildman–Crippen LogP) is 3.77. The zero-order valence-corrected chi connectivity index (χ0v) is 13.4. The van der Waals surface area contributed by atoms with Crippen LogP contribution in [0.25, 0.3) is 11.0 Å². The molecule has 6 heteroatoms. The number of nitro benzene ring substituents is 1. The van der Waals surface area contributed by atoms with Gasteiger partial charge in [-0.2, -0.15) is 0 Å². The Morgan fingerprint density at radius 1 is 1.12 bits per heavy atom. The van der Waals surface area contributed by atoms with Crippen molar-refractivity contribution in [3.8, 4) is 5.75 Å². The Balaban J connectivity index is 1.72. The van der Waals surface area contributed by atoms with Crippen molar-refractivity contribution < 1.29 is 14.1 Å². The van der Waals surface area contributed by atoms with Gasteiger partial charge in [0.25, 0.3) is 0 Å². The molecule has 0 saturated heterocycles. The minimum Gasteiger partial charge on any atom is -0.482 e. The molecule has 1 heterocycles. The Morgan fingerprint density at radius 3 is 2.68 bits per heavy atom. The average Bonchev–Trinajstić information content (AvgIpc) is 3.05. The quantitative estimate of drug-likeness (QED) is 0.411. The van der Waals surface area contributed by atoms with Crippen molar-refractivity contribution in [2.45, 2.75) is 25.9 Å². The molecule has 0 N–H and O–H groups in total. The van der Waals surface area contributed by atoms with Crippen LogP contribution in [0.5, 0.6) is 5.75 Å². The highest BCUT2D eigenvalue weighted by Gasteiger charge is 2.17. The molecule has 0 bridgehead atoms. The van der Waals surface area contributed by atoms with E-state index in [9.17, 15) is 14.9 Å². The van der Waals surface area contributed by atoms with Crippen LogP contribution in [0.1, 0.15) is 23.1 Å². The normalized spacial score (nSPS) is 13.0. The van der Waals surface area contributed by atoms with Gasteiger partial charge in [0.1, 0.15) is 12.2 Å². The average molecular weight is 337 g/mol. The van der Waals surface area contributed by atoms with Crippen molar-refractivity contribution in [1.82, 2.24) is 0 Å². The molecule has 0 spiro atoms. The van der Waals surface area contributed by atoms with Gasteiger partial charge in [-0.05, 0) is 48.6 Å². The summed E-state index contributed by atoms with van der Waals surface area (Å²) in [5.41, 5.74) is 3.12. The summed E-state index contributed by atoms with van der Waals surface area (Å²) in [4.78, 5) is 22.5. The second-order valence-corrected chi connectivity index (χ2v) is 6.07. The number of rotatable bonds is 4. The Morgan fingerprint density at radius 2 is 1.88 bits per heavy atom. The Hall–Kier alpha value is -3.15. The first-order chi connectivity index (χ1) is 12.1. The third-order valence-corrected chi connectivity index (χ3v) is 4.49. The molecule has 0 saturated carbocycles. The van der Waals surface area contributed by atoms with Crippen LogP contribution >= 0.6 is 0 Å². The third kappa shape index (κ3) is 2.87. The largest absolute Gasteiger partial charge is 0.482 e. The summed E-state index contributed by atoms with van der Waals surface area (Å²) < 4.78 is 11.0. The van der Waals surface area contributed by atoms with Crippen molar-refractivity contribution in [2.24, 2.45) is 0 Å². The molecule has 126 valence electrons. The molecule has 4 rings (SSSR count). The lowest BCUT2D eigenvalue weighted by Crippen LogP contribution is -2.05. The van der Waals surface area contributed by atoms with Gasteiger partial charge in [0, 0.05) is 23.1 Å². The summed E-state index contributed by atoms with van der Waals surface area (Å²) in [5, 5.41) is 11.9. The molecule has 1 aliphatic rings. The highest BCUT2D eigenvalue weighted by Crippen LogP contribution is 2.30. The predicted molar refractivity (Wildman–Crippen MR) is 91.9 cm³/mol. The van der Waals surface area contributed by atoms with E-state index < -0.39 is 10.5 Å². The van der Waals surface area contributed by atoms with Crippen molar-refractivity contribution in [3.63, 3.8) is 0 Å². The lowest BCUT2D eigenvalue weighted by Gasteiger charge is -2.10.